The van der Waals surface area contributed by atoms with Gasteiger partial charge >= 0.3 is 0 Å². The van der Waals surface area contributed by atoms with Gasteiger partial charge in [0.25, 0.3) is 0 Å². The van der Waals surface area contributed by atoms with E-state index in [0.717, 1.165) is 0 Å². The number of nitrogens with two attached hydrogens (primary N) is 1. The molecule has 0 spiro atoms. The summed E-state index contributed by atoms with van der Waals surface area (Å²) in [4.78, 5) is 2.26. The van der Waals surface area contributed by atoms with Gasteiger partial charge in [-0.3, -0.25) is 0 Å². The van der Waals surface area contributed by atoms with Crippen LogP contribution in [0.25, 0.3) is 0 Å². The quantitative estimate of drug-likeness (QED) is 0.812. The first-order valence-corrected chi connectivity index (χ1v) is 8.76. The second-order valence-electron chi connectivity index (χ2n) is 5.58. The summed E-state index contributed by atoms with van der Waals surface area (Å²) in [7, 11) is -1.44. The number of benzene rings is 1. The highest BCUT2D eigenvalue weighted by atomic mass is 32.2. The van der Waals surface area contributed by atoms with Gasteiger partial charge < -0.3 is 10.6 Å². The minimum absolute atomic E-state index is 0.0433. The van der Waals surface area contributed by atoms with Gasteiger partial charge in [0.1, 0.15) is 0 Å². The van der Waals surface area contributed by atoms with Crippen LogP contribution >= 0.6 is 0 Å². The van der Waals surface area contributed by atoms with E-state index in [4.69, 9.17) is 11.0 Å². The Bertz CT molecular complexity index is 633. The van der Waals surface area contributed by atoms with Crippen molar-refractivity contribution in [2.24, 2.45) is 11.7 Å². The van der Waals surface area contributed by atoms with Crippen LogP contribution in [0.5, 0.6) is 0 Å². The van der Waals surface area contributed by atoms with Gasteiger partial charge in [-0.05, 0) is 44.0 Å². The fraction of sp³-hybridized carbons (Fsp3) is 0.533. The van der Waals surface area contributed by atoms with Crippen LogP contribution in [0.1, 0.15) is 18.4 Å². The maximum atomic E-state index is 12.3. The molecule has 1 saturated carbocycles. The van der Waals surface area contributed by atoms with Crippen LogP contribution in [0.15, 0.2) is 29.2 Å². The van der Waals surface area contributed by atoms with Crippen LogP contribution in [0.2, 0.25) is 0 Å². The summed E-state index contributed by atoms with van der Waals surface area (Å²) in [6, 6.07) is 8.40. The van der Waals surface area contributed by atoms with Crippen LogP contribution in [-0.4, -0.2) is 45.2 Å². The lowest BCUT2D eigenvalue weighted by molar-refractivity contribution is 0.235. The number of hydrogen-bond donors (Lipinski definition) is 1. The third-order valence-electron chi connectivity index (χ3n) is 4.01. The summed E-state index contributed by atoms with van der Waals surface area (Å²) in [5, 5.41) is 8.85. The molecule has 1 aliphatic carbocycles. The van der Waals surface area contributed by atoms with Gasteiger partial charge in [-0.25, -0.2) is 8.42 Å². The van der Waals surface area contributed by atoms with E-state index < -0.39 is 9.84 Å². The van der Waals surface area contributed by atoms with Crippen LogP contribution < -0.4 is 5.73 Å². The Hall–Kier alpha value is -1.42. The summed E-state index contributed by atoms with van der Waals surface area (Å²) in [6.07, 6.45) is 2.37. The largest absolute Gasteiger partial charge is 0.329 e. The van der Waals surface area contributed by atoms with Crippen molar-refractivity contribution in [1.29, 1.82) is 5.26 Å². The molecule has 0 radical (unpaired) electrons. The standard InChI is InChI=1S/C15H21N3O2S/c1-18(15(11-17)13-5-6-13)7-8-21(19,20)14-4-2-3-12(9-14)10-16/h2-4,9,13,15H,5-8,11,17H2,1H3. The first kappa shape index (κ1) is 16.0. The second-order valence-corrected chi connectivity index (χ2v) is 7.69. The Morgan fingerprint density at radius 3 is 2.76 bits per heavy atom. The fourth-order valence-corrected chi connectivity index (χ4v) is 3.88. The summed E-state index contributed by atoms with van der Waals surface area (Å²) in [5.74, 6) is 0.659. The predicted molar refractivity (Wildman–Crippen MR) is 81.4 cm³/mol. The SMILES string of the molecule is CN(CCS(=O)(=O)c1cccc(C#N)c1)C(CN)C1CC1. The molecular weight excluding hydrogens is 286 g/mol. The van der Waals surface area contributed by atoms with E-state index in [-0.39, 0.29) is 16.7 Å². The number of sulfone groups is 1. The highest BCUT2D eigenvalue weighted by Gasteiger charge is 2.33. The van der Waals surface area contributed by atoms with Crippen LogP contribution in [0.3, 0.4) is 0 Å². The van der Waals surface area contributed by atoms with E-state index in [1.165, 1.54) is 25.0 Å². The maximum Gasteiger partial charge on any atom is 0.179 e. The fourth-order valence-electron chi connectivity index (χ4n) is 2.52. The van der Waals surface area contributed by atoms with Gasteiger partial charge in [-0.2, -0.15) is 5.26 Å². The molecule has 0 heterocycles. The molecule has 1 fully saturated rings. The molecule has 1 aromatic carbocycles. The lowest BCUT2D eigenvalue weighted by atomic mass is 10.1. The summed E-state index contributed by atoms with van der Waals surface area (Å²) < 4.78 is 24.7. The Balaban J connectivity index is 2.02. The molecule has 2 rings (SSSR count). The zero-order valence-electron chi connectivity index (χ0n) is 12.2. The van der Waals surface area contributed by atoms with Crippen molar-refractivity contribution in [3.05, 3.63) is 29.8 Å². The van der Waals surface area contributed by atoms with Gasteiger partial charge in [0, 0.05) is 19.1 Å². The Kier molecular flexibility index (Phi) is 4.99. The molecule has 0 aliphatic heterocycles. The van der Waals surface area contributed by atoms with Crippen molar-refractivity contribution in [2.45, 2.75) is 23.8 Å². The number of hydrogen-bond acceptors (Lipinski definition) is 5. The van der Waals surface area contributed by atoms with E-state index in [0.29, 0.717) is 24.6 Å². The lowest BCUT2D eigenvalue weighted by Gasteiger charge is -2.26. The number of rotatable bonds is 7. The second kappa shape index (κ2) is 6.56. The number of likely N-dealkylation sites (N-methyl/N-ethyl adjacent to an activating group) is 1. The highest BCUT2D eigenvalue weighted by Crippen LogP contribution is 2.34. The van der Waals surface area contributed by atoms with Crippen molar-refractivity contribution < 1.29 is 8.42 Å². The average Bonchev–Trinajstić information content (AvgIpc) is 3.31. The van der Waals surface area contributed by atoms with Crippen LogP contribution in [0, 0.1) is 17.2 Å². The van der Waals surface area contributed by atoms with Gasteiger partial charge in [-0.1, -0.05) is 6.07 Å². The molecule has 1 unspecified atom stereocenters. The molecule has 6 heteroatoms. The first-order valence-electron chi connectivity index (χ1n) is 7.11. The molecule has 2 N–H and O–H groups in total. The normalized spacial score (nSPS) is 16.7. The van der Waals surface area contributed by atoms with Gasteiger partial charge in [0.2, 0.25) is 0 Å². The molecule has 1 aromatic rings. The molecule has 0 aromatic heterocycles. The smallest absolute Gasteiger partial charge is 0.179 e. The van der Waals surface area contributed by atoms with Crippen LogP contribution in [0.4, 0.5) is 0 Å². The third-order valence-corrected chi connectivity index (χ3v) is 5.70. The molecule has 114 valence electrons. The minimum atomic E-state index is -3.37. The molecule has 0 saturated heterocycles. The first-order chi connectivity index (χ1) is 9.97. The van der Waals surface area contributed by atoms with Crippen molar-refractivity contribution in [3.8, 4) is 6.07 Å². The Labute approximate surface area is 126 Å². The summed E-state index contributed by atoms with van der Waals surface area (Å²) in [5.41, 5.74) is 6.14. The average molecular weight is 307 g/mol. The lowest BCUT2D eigenvalue weighted by Crippen LogP contribution is -2.41. The van der Waals surface area contributed by atoms with Crippen LogP contribution in [-0.2, 0) is 9.84 Å². The molecule has 5 nitrogen and oxygen atoms in total. The molecule has 0 bridgehead atoms. The molecule has 1 atom stereocenters. The Morgan fingerprint density at radius 1 is 1.48 bits per heavy atom. The van der Waals surface area contributed by atoms with E-state index in [1.807, 2.05) is 18.0 Å². The van der Waals surface area contributed by atoms with Crippen molar-refractivity contribution in [3.63, 3.8) is 0 Å². The Morgan fingerprint density at radius 2 is 2.19 bits per heavy atom. The van der Waals surface area contributed by atoms with Gasteiger partial charge in [0.05, 0.1) is 22.3 Å². The zero-order valence-corrected chi connectivity index (χ0v) is 13.0. The van der Waals surface area contributed by atoms with Gasteiger partial charge in [0.15, 0.2) is 9.84 Å². The highest BCUT2D eigenvalue weighted by molar-refractivity contribution is 7.91. The van der Waals surface area contributed by atoms with Crippen molar-refractivity contribution in [2.75, 3.05) is 25.9 Å². The predicted octanol–water partition coefficient (Wildman–Crippen LogP) is 1.00. The summed E-state index contributed by atoms with van der Waals surface area (Å²) in [6.45, 7) is 1.02. The van der Waals surface area contributed by atoms with Gasteiger partial charge in [-0.15, -0.1) is 0 Å². The van der Waals surface area contributed by atoms with E-state index in [9.17, 15) is 8.42 Å². The van der Waals surface area contributed by atoms with E-state index in [2.05, 4.69) is 0 Å². The topological polar surface area (TPSA) is 87.2 Å². The molecule has 21 heavy (non-hydrogen) atoms. The van der Waals surface area contributed by atoms with E-state index in [1.54, 1.807) is 12.1 Å². The maximum absolute atomic E-state index is 12.3. The van der Waals surface area contributed by atoms with Crippen molar-refractivity contribution >= 4 is 9.84 Å². The summed E-state index contributed by atoms with van der Waals surface area (Å²) >= 11 is 0. The monoisotopic (exact) mass is 307 g/mol. The molecule has 0 amide bonds. The third kappa shape index (κ3) is 4.03. The molecular formula is C15H21N3O2S. The minimum Gasteiger partial charge on any atom is -0.329 e. The zero-order chi connectivity index (χ0) is 15.5. The number of nitriles is 1. The van der Waals surface area contributed by atoms with Crippen molar-refractivity contribution in [1.82, 2.24) is 4.90 Å². The van der Waals surface area contributed by atoms with E-state index >= 15 is 0 Å². The number of nitrogens with zero attached hydrogens (tertiary/aromatic N) is 2. The molecule has 1 aliphatic rings.